The maximum absolute atomic E-state index is 12.0. The Kier molecular flexibility index (Phi) is 3.39. The van der Waals surface area contributed by atoms with Gasteiger partial charge < -0.3 is 5.32 Å². The first kappa shape index (κ1) is 12.7. The summed E-state index contributed by atoms with van der Waals surface area (Å²) in [5.74, 6) is 0.448. The maximum atomic E-state index is 12.0. The highest BCUT2D eigenvalue weighted by molar-refractivity contribution is 6.30. The Labute approximate surface area is 120 Å². The predicted molar refractivity (Wildman–Crippen MR) is 79.9 cm³/mol. The number of halogens is 1. The molecule has 20 heavy (non-hydrogen) atoms. The van der Waals surface area contributed by atoms with Crippen molar-refractivity contribution in [1.29, 1.82) is 0 Å². The van der Waals surface area contributed by atoms with Crippen LogP contribution >= 0.6 is 11.6 Å². The molecule has 4 nitrogen and oxygen atoms in total. The van der Waals surface area contributed by atoms with Crippen LogP contribution in [0, 0.1) is 0 Å². The van der Waals surface area contributed by atoms with E-state index >= 15 is 0 Å². The Bertz CT molecular complexity index is 749. The van der Waals surface area contributed by atoms with Crippen molar-refractivity contribution in [3.63, 3.8) is 0 Å². The van der Waals surface area contributed by atoms with Crippen LogP contribution in [0.3, 0.4) is 0 Å². The highest BCUT2D eigenvalue weighted by Gasteiger charge is 2.09. The van der Waals surface area contributed by atoms with Crippen molar-refractivity contribution in [3.8, 4) is 0 Å². The summed E-state index contributed by atoms with van der Waals surface area (Å²) in [7, 11) is 0. The first-order chi connectivity index (χ1) is 9.72. The van der Waals surface area contributed by atoms with Crippen molar-refractivity contribution < 1.29 is 4.79 Å². The van der Waals surface area contributed by atoms with Gasteiger partial charge in [0.15, 0.2) is 5.82 Å². The minimum absolute atomic E-state index is 0.107. The van der Waals surface area contributed by atoms with Crippen LogP contribution < -0.4 is 5.32 Å². The number of aromatic amines is 1. The number of amides is 1. The van der Waals surface area contributed by atoms with Crippen LogP contribution in [0.5, 0.6) is 0 Å². The van der Waals surface area contributed by atoms with Crippen LogP contribution in [0.15, 0.2) is 48.5 Å². The largest absolute Gasteiger partial charge is 0.308 e. The Balaban J connectivity index is 1.74. The lowest BCUT2D eigenvalue weighted by atomic mass is 10.1. The highest BCUT2D eigenvalue weighted by Crippen LogP contribution is 2.19. The molecule has 2 aromatic carbocycles. The molecule has 100 valence electrons. The molecule has 0 saturated heterocycles. The molecule has 5 heteroatoms. The average Bonchev–Trinajstić information content (AvgIpc) is 2.85. The van der Waals surface area contributed by atoms with Crippen LogP contribution in [0.1, 0.15) is 5.56 Å². The molecule has 0 unspecified atom stereocenters. The summed E-state index contributed by atoms with van der Waals surface area (Å²) in [6, 6.07) is 14.9. The monoisotopic (exact) mass is 285 g/mol. The summed E-state index contributed by atoms with van der Waals surface area (Å²) in [5.41, 5.74) is 1.81. The van der Waals surface area contributed by atoms with E-state index < -0.39 is 0 Å². The fourth-order valence-corrected chi connectivity index (χ4v) is 2.15. The van der Waals surface area contributed by atoms with Gasteiger partial charge in [0.1, 0.15) is 0 Å². The fourth-order valence-electron chi connectivity index (χ4n) is 2.02. The van der Waals surface area contributed by atoms with Gasteiger partial charge >= 0.3 is 0 Å². The van der Waals surface area contributed by atoms with Crippen molar-refractivity contribution in [3.05, 3.63) is 59.1 Å². The van der Waals surface area contributed by atoms with Crippen molar-refractivity contribution in [2.75, 3.05) is 5.32 Å². The Morgan fingerprint density at radius 2 is 1.90 bits per heavy atom. The van der Waals surface area contributed by atoms with Crippen LogP contribution in [-0.4, -0.2) is 16.1 Å². The van der Waals surface area contributed by atoms with Gasteiger partial charge in [-0.25, -0.2) is 0 Å². The quantitative estimate of drug-likeness (QED) is 0.775. The van der Waals surface area contributed by atoms with E-state index in [2.05, 4.69) is 15.5 Å². The number of carbonyl (C=O) groups is 1. The van der Waals surface area contributed by atoms with Crippen LogP contribution in [-0.2, 0) is 11.2 Å². The number of hydrogen-bond acceptors (Lipinski definition) is 2. The van der Waals surface area contributed by atoms with E-state index in [0.29, 0.717) is 17.3 Å². The number of para-hydroxylation sites is 1. The Morgan fingerprint density at radius 1 is 1.15 bits per heavy atom. The summed E-state index contributed by atoms with van der Waals surface area (Å²) < 4.78 is 0. The molecule has 1 heterocycles. The number of nitrogens with one attached hydrogen (secondary N) is 2. The molecule has 0 spiro atoms. The first-order valence-corrected chi connectivity index (χ1v) is 6.57. The summed E-state index contributed by atoms with van der Waals surface area (Å²) in [5, 5.41) is 11.4. The summed E-state index contributed by atoms with van der Waals surface area (Å²) in [6.45, 7) is 0. The first-order valence-electron chi connectivity index (χ1n) is 6.20. The van der Waals surface area contributed by atoms with E-state index in [1.54, 1.807) is 12.1 Å². The lowest BCUT2D eigenvalue weighted by molar-refractivity contribution is -0.115. The van der Waals surface area contributed by atoms with Crippen molar-refractivity contribution in [2.24, 2.45) is 0 Å². The number of carbonyl (C=O) groups excluding carboxylic acids is 1. The van der Waals surface area contributed by atoms with Crippen molar-refractivity contribution in [1.82, 2.24) is 10.2 Å². The molecule has 0 radical (unpaired) electrons. The lowest BCUT2D eigenvalue weighted by Gasteiger charge is -2.03. The smallest absolute Gasteiger partial charge is 0.230 e. The minimum atomic E-state index is -0.107. The molecule has 3 aromatic rings. The van der Waals surface area contributed by atoms with Gasteiger partial charge in [-0.05, 0) is 29.8 Å². The van der Waals surface area contributed by atoms with E-state index in [0.717, 1.165) is 16.5 Å². The minimum Gasteiger partial charge on any atom is -0.308 e. The molecule has 1 amide bonds. The molecular formula is C15H12ClN3O. The molecule has 3 rings (SSSR count). The highest BCUT2D eigenvalue weighted by atomic mass is 35.5. The Hall–Kier alpha value is -2.33. The molecule has 0 bridgehead atoms. The lowest BCUT2D eigenvalue weighted by Crippen LogP contribution is -2.14. The van der Waals surface area contributed by atoms with E-state index in [1.807, 2.05) is 36.4 Å². The van der Waals surface area contributed by atoms with Crippen molar-refractivity contribution >= 4 is 34.2 Å². The number of fused-ring (bicyclic) bond motifs is 1. The standard InChI is InChI=1S/C15H12ClN3O/c16-11-7-5-10(6-8-11)9-14(20)17-15-12-3-1-2-4-13(12)18-19-15/h1-8H,9H2,(H2,17,18,19,20). The molecule has 2 N–H and O–H groups in total. The second-order valence-corrected chi connectivity index (χ2v) is 4.91. The number of benzene rings is 2. The fraction of sp³-hybridized carbons (Fsp3) is 0.0667. The molecule has 0 aliphatic rings. The van der Waals surface area contributed by atoms with Gasteiger partial charge in [-0.2, -0.15) is 5.10 Å². The Morgan fingerprint density at radius 3 is 2.70 bits per heavy atom. The number of aromatic nitrogens is 2. The molecular weight excluding hydrogens is 274 g/mol. The zero-order valence-corrected chi connectivity index (χ0v) is 11.3. The second kappa shape index (κ2) is 5.35. The van der Waals surface area contributed by atoms with Gasteiger partial charge in [-0.3, -0.25) is 9.89 Å². The third-order valence-electron chi connectivity index (χ3n) is 3.01. The summed E-state index contributed by atoms with van der Waals surface area (Å²) in [4.78, 5) is 12.0. The zero-order chi connectivity index (χ0) is 13.9. The molecule has 0 aliphatic carbocycles. The second-order valence-electron chi connectivity index (χ2n) is 4.47. The number of hydrogen-bond donors (Lipinski definition) is 2. The molecule has 0 aliphatic heterocycles. The molecule has 0 saturated carbocycles. The summed E-state index contributed by atoms with van der Waals surface area (Å²) >= 11 is 5.81. The van der Waals surface area contributed by atoms with E-state index in [9.17, 15) is 4.79 Å². The third kappa shape index (κ3) is 2.65. The SMILES string of the molecule is O=C(Cc1ccc(Cl)cc1)Nc1n[nH]c2ccccc12. The third-order valence-corrected chi connectivity index (χ3v) is 3.26. The van der Waals surface area contributed by atoms with Crippen molar-refractivity contribution in [2.45, 2.75) is 6.42 Å². The number of anilines is 1. The molecule has 0 atom stereocenters. The van der Waals surface area contributed by atoms with E-state index in [4.69, 9.17) is 11.6 Å². The number of nitrogens with zero attached hydrogens (tertiary/aromatic N) is 1. The average molecular weight is 286 g/mol. The normalized spacial score (nSPS) is 10.7. The molecule has 1 aromatic heterocycles. The molecule has 0 fully saturated rings. The number of rotatable bonds is 3. The maximum Gasteiger partial charge on any atom is 0.230 e. The van der Waals surface area contributed by atoms with Gasteiger partial charge in [0, 0.05) is 10.4 Å². The van der Waals surface area contributed by atoms with Crippen LogP contribution in [0.2, 0.25) is 5.02 Å². The van der Waals surface area contributed by atoms with Crippen LogP contribution in [0.4, 0.5) is 5.82 Å². The van der Waals surface area contributed by atoms with Gasteiger partial charge in [-0.15, -0.1) is 0 Å². The predicted octanol–water partition coefficient (Wildman–Crippen LogP) is 3.40. The van der Waals surface area contributed by atoms with E-state index in [-0.39, 0.29) is 5.91 Å². The van der Waals surface area contributed by atoms with E-state index in [1.165, 1.54) is 0 Å². The number of H-pyrrole nitrogens is 1. The van der Waals surface area contributed by atoms with Gasteiger partial charge in [0.05, 0.1) is 11.9 Å². The van der Waals surface area contributed by atoms with Crippen LogP contribution in [0.25, 0.3) is 10.9 Å². The van der Waals surface area contributed by atoms with Gasteiger partial charge in [-0.1, -0.05) is 35.9 Å². The topological polar surface area (TPSA) is 57.8 Å². The summed E-state index contributed by atoms with van der Waals surface area (Å²) in [6.07, 6.45) is 0.290. The zero-order valence-electron chi connectivity index (χ0n) is 10.6. The van der Waals surface area contributed by atoms with Gasteiger partial charge in [0.25, 0.3) is 0 Å². The van der Waals surface area contributed by atoms with Gasteiger partial charge in [0.2, 0.25) is 5.91 Å².